The van der Waals surface area contributed by atoms with Gasteiger partial charge in [0.2, 0.25) is 6.41 Å². The highest BCUT2D eigenvalue weighted by Gasteiger charge is 2.33. The van der Waals surface area contributed by atoms with Crippen LogP contribution in [0, 0.1) is 5.82 Å². The third-order valence-corrected chi connectivity index (χ3v) is 3.30. The van der Waals surface area contributed by atoms with Gasteiger partial charge in [-0.2, -0.15) is 13.2 Å². The summed E-state index contributed by atoms with van der Waals surface area (Å²) in [5.74, 6) is -0.793. The number of nitrogens with one attached hydrogen (secondary N) is 3. The Balaban J connectivity index is 2.16. The summed E-state index contributed by atoms with van der Waals surface area (Å²) >= 11 is 5.48. The normalized spacial score (nSPS) is 10.9. The smallest absolute Gasteiger partial charge is 0.329 e. The number of benzene rings is 2. The number of halogens is 5. The fraction of sp³-hybridized carbons (Fsp3) is 0.0667. The second-order valence-corrected chi connectivity index (χ2v) is 5.14. The van der Waals surface area contributed by atoms with E-state index in [2.05, 4.69) is 16.0 Å². The predicted molar refractivity (Wildman–Crippen MR) is 85.2 cm³/mol. The Labute approximate surface area is 144 Å². The highest BCUT2D eigenvalue weighted by atomic mass is 35.5. The third-order valence-electron chi connectivity index (χ3n) is 2.97. The van der Waals surface area contributed by atoms with E-state index >= 15 is 0 Å². The highest BCUT2D eigenvalue weighted by Crippen LogP contribution is 2.36. The summed E-state index contributed by atoms with van der Waals surface area (Å²) < 4.78 is 52.0. The molecule has 3 N–H and O–H groups in total. The van der Waals surface area contributed by atoms with Gasteiger partial charge in [0.05, 0.1) is 16.3 Å². The van der Waals surface area contributed by atoms with Crippen molar-refractivity contribution in [3.63, 3.8) is 0 Å². The van der Waals surface area contributed by atoms with Crippen LogP contribution in [0.3, 0.4) is 0 Å². The average molecular weight is 376 g/mol. The van der Waals surface area contributed by atoms with Crippen LogP contribution in [-0.2, 0) is 11.0 Å². The quantitative estimate of drug-likeness (QED) is 0.535. The SMILES string of the molecule is O=CNc1ccc(F)c(NC(=O)Nc2ccc(Cl)c(C(F)(F)F)c2)c1. The highest BCUT2D eigenvalue weighted by molar-refractivity contribution is 6.31. The van der Waals surface area contributed by atoms with Crippen molar-refractivity contribution in [2.45, 2.75) is 6.18 Å². The van der Waals surface area contributed by atoms with E-state index < -0.39 is 28.6 Å². The molecule has 2 aromatic rings. The minimum atomic E-state index is -4.69. The molecule has 0 aliphatic rings. The van der Waals surface area contributed by atoms with Gasteiger partial charge in [-0.25, -0.2) is 9.18 Å². The summed E-state index contributed by atoms with van der Waals surface area (Å²) in [5.41, 5.74) is -1.35. The van der Waals surface area contributed by atoms with Crippen molar-refractivity contribution in [1.29, 1.82) is 0 Å². The second kappa shape index (κ2) is 7.39. The van der Waals surface area contributed by atoms with Crippen LogP contribution in [0.2, 0.25) is 5.02 Å². The Kier molecular flexibility index (Phi) is 5.48. The van der Waals surface area contributed by atoms with Crippen LogP contribution in [0.4, 0.5) is 39.4 Å². The second-order valence-electron chi connectivity index (χ2n) is 4.73. The van der Waals surface area contributed by atoms with Crippen molar-refractivity contribution in [3.05, 3.63) is 52.8 Å². The molecule has 0 aliphatic heterocycles. The summed E-state index contributed by atoms with van der Waals surface area (Å²) in [4.78, 5) is 22.2. The lowest BCUT2D eigenvalue weighted by Gasteiger charge is -2.13. The standard InChI is InChI=1S/C15H10ClF4N3O2/c16-11-3-1-9(5-10(11)15(18,19)20)22-14(25)23-13-6-8(21-7-24)2-4-12(13)17/h1-7H,(H,21,24)(H2,22,23,25). The van der Waals surface area contributed by atoms with Gasteiger partial charge < -0.3 is 16.0 Å². The van der Waals surface area contributed by atoms with Gasteiger partial charge in [-0.1, -0.05) is 11.6 Å². The first-order chi connectivity index (χ1) is 11.7. The summed E-state index contributed by atoms with van der Waals surface area (Å²) in [7, 11) is 0. The number of carbonyl (C=O) groups is 2. The maximum absolute atomic E-state index is 13.7. The molecule has 2 aromatic carbocycles. The predicted octanol–water partition coefficient (Wildman–Crippen LogP) is 4.71. The maximum atomic E-state index is 13.7. The molecule has 0 bridgehead atoms. The minimum Gasteiger partial charge on any atom is -0.329 e. The Morgan fingerprint density at radius 3 is 2.36 bits per heavy atom. The molecule has 0 saturated carbocycles. The lowest BCUT2D eigenvalue weighted by Crippen LogP contribution is -2.20. The molecule has 0 radical (unpaired) electrons. The Hall–Kier alpha value is -2.81. The van der Waals surface area contributed by atoms with Crippen molar-refractivity contribution >= 4 is 41.1 Å². The van der Waals surface area contributed by atoms with Gasteiger partial charge in [0.15, 0.2) is 0 Å². The van der Waals surface area contributed by atoms with Crippen LogP contribution in [0.1, 0.15) is 5.56 Å². The first-order valence-corrected chi connectivity index (χ1v) is 7.03. The van der Waals surface area contributed by atoms with Gasteiger partial charge in [0.25, 0.3) is 0 Å². The van der Waals surface area contributed by atoms with E-state index in [0.717, 1.165) is 24.3 Å². The monoisotopic (exact) mass is 375 g/mol. The van der Waals surface area contributed by atoms with Crippen LogP contribution in [0.25, 0.3) is 0 Å². The molecular weight excluding hydrogens is 366 g/mol. The van der Waals surface area contributed by atoms with E-state index in [1.54, 1.807) is 0 Å². The number of rotatable bonds is 4. The zero-order chi connectivity index (χ0) is 18.6. The Bertz CT molecular complexity index is 812. The average Bonchev–Trinajstić information content (AvgIpc) is 2.51. The number of alkyl halides is 3. The zero-order valence-electron chi connectivity index (χ0n) is 12.2. The van der Waals surface area contributed by atoms with Crippen molar-refractivity contribution in [3.8, 4) is 0 Å². The van der Waals surface area contributed by atoms with Crippen LogP contribution in [0.5, 0.6) is 0 Å². The molecule has 0 fully saturated rings. The molecule has 0 aromatic heterocycles. The number of amides is 3. The van der Waals surface area contributed by atoms with Crippen molar-refractivity contribution < 1.29 is 27.2 Å². The molecule has 0 spiro atoms. The van der Waals surface area contributed by atoms with Crippen LogP contribution in [-0.4, -0.2) is 12.4 Å². The van der Waals surface area contributed by atoms with Gasteiger partial charge in [-0.15, -0.1) is 0 Å². The van der Waals surface area contributed by atoms with E-state index in [1.807, 2.05) is 0 Å². The van der Waals surface area contributed by atoms with E-state index in [1.165, 1.54) is 6.07 Å². The van der Waals surface area contributed by atoms with E-state index in [9.17, 15) is 27.2 Å². The zero-order valence-corrected chi connectivity index (χ0v) is 13.0. The molecule has 0 saturated heterocycles. The molecule has 0 aliphatic carbocycles. The van der Waals surface area contributed by atoms with Crippen molar-refractivity contribution in [1.82, 2.24) is 0 Å². The molecule has 3 amide bonds. The van der Waals surface area contributed by atoms with Crippen LogP contribution < -0.4 is 16.0 Å². The first-order valence-electron chi connectivity index (χ1n) is 6.65. The minimum absolute atomic E-state index is 0.184. The fourth-order valence-electron chi connectivity index (χ4n) is 1.88. The van der Waals surface area contributed by atoms with E-state index in [0.29, 0.717) is 12.5 Å². The summed E-state index contributed by atoms with van der Waals surface area (Å²) in [6.45, 7) is 0. The maximum Gasteiger partial charge on any atom is 0.417 e. The summed E-state index contributed by atoms with van der Waals surface area (Å²) in [6.07, 6.45) is -4.32. The first kappa shape index (κ1) is 18.5. The van der Waals surface area contributed by atoms with Gasteiger partial charge in [0.1, 0.15) is 5.82 Å². The molecule has 0 heterocycles. The van der Waals surface area contributed by atoms with Crippen LogP contribution >= 0.6 is 11.6 Å². The van der Waals surface area contributed by atoms with E-state index in [4.69, 9.17) is 11.6 Å². The number of hydrogen-bond acceptors (Lipinski definition) is 2. The largest absolute Gasteiger partial charge is 0.417 e. The van der Waals surface area contributed by atoms with Crippen LogP contribution in [0.15, 0.2) is 36.4 Å². The summed E-state index contributed by atoms with van der Waals surface area (Å²) in [6, 6.07) is 5.24. The summed E-state index contributed by atoms with van der Waals surface area (Å²) in [5, 5.41) is 6.03. The molecule has 25 heavy (non-hydrogen) atoms. The number of carbonyl (C=O) groups excluding carboxylic acids is 2. The number of anilines is 3. The number of hydrogen-bond donors (Lipinski definition) is 3. The Morgan fingerprint density at radius 1 is 1.04 bits per heavy atom. The Morgan fingerprint density at radius 2 is 1.72 bits per heavy atom. The number of urea groups is 1. The van der Waals surface area contributed by atoms with Gasteiger partial charge in [-0.05, 0) is 36.4 Å². The van der Waals surface area contributed by atoms with E-state index in [-0.39, 0.29) is 17.1 Å². The molecule has 0 unspecified atom stereocenters. The lowest BCUT2D eigenvalue weighted by molar-refractivity contribution is -0.137. The molecule has 132 valence electrons. The van der Waals surface area contributed by atoms with Gasteiger partial charge in [-0.3, -0.25) is 4.79 Å². The van der Waals surface area contributed by atoms with Crippen molar-refractivity contribution in [2.24, 2.45) is 0 Å². The van der Waals surface area contributed by atoms with Gasteiger partial charge in [0, 0.05) is 11.4 Å². The molecule has 0 atom stereocenters. The molecule has 5 nitrogen and oxygen atoms in total. The topological polar surface area (TPSA) is 70.2 Å². The molecule has 2 rings (SSSR count). The third kappa shape index (κ3) is 4.83. The molecular formula is C15H10ClF4N3O2. The fourth-order valence-corrected chi connectivity index (χ4v) is 2.11. The van der Waals surface area contributed by atoms with Crippen molar-refractivity contribution in [2.75, 3.05) is 16.0 Å². The molecule has 10 heteroatoms. The van der Waals surface area contributed by atoms with Gasteiger partial charge >= 0.3 is 12.2 Å². The lowest BCUT2D eigenvalue weighted by atomic mass is 10.2.